The van der Waals surface area contributed by atoms with Crippen LogP contribution in [0.5, 0.6) is 0 Å². The zero-order chi connectivity index (χ0) is 8.97. The Morgan fingerprint density at radius 2 is 2.17 bits per heavy atom. The zero-order valence-electron chi connectivity index (χ0n) is 6.23. The standard InChI is InChI=1S/C9H7Br2Cl/c10-6-2-3-7-8(11)4-1-5-9(7)12/h1-5H,6H2. The van der Waals surface area contributed by atoms with Gasteiger partial charge in [-0.2, -0.15) is 0 Å². The van der Waals surface area contributed by atoms with Crippen molar-refractivity contribution in [3.63, 3.8) is 0 Å². The molecule has 1 rings (SSSR count). The molecule has 0 atom stereocenters. The second-order valence-corrected chi connectivity index (χ2v) is 4.10. The van der Waals surface area contributed by atoms with Gasteiger partial charge in [-0.05, 0) is 12.1 Å². The highest BCUT2D eigenvalue weighted by molar-refractivity contribution is 9.10. The second-order valence-electron chi connectivity index (χ2n) is 2.19. The van der Waals surface area contributed by atoms with Gasteiger partial charge in [-0.25, -0.2) is 0 Å². The van der Waals surface area contributed by atoms with Crippen LogP contribution in [-0.4, -0.2) is 5.33 Å². The van der Waals surface area contributed by atoms with E-state index in [4.69, 9.17) is 11.6 Å². The van der Waals surface area contributed by atoms with Gasteiger partial charge in [-0.3, -0.25) is 0 Å². The Kier molecular flexibility index (Phi) is 4.33. The van der Waals surface area contributed by atoms with Gasteiger partial charge in [0.1, 0.15) is 0 Å². The first-order valence-corrected chi connectivity index (χ1v) is 5.71. The molecule has 0 heterocycles. The number of hydrogen-bond acceptors (Lipinski definition) is 0. The van der Waals surface area contributed by atoms with Crippen LogP contribution in [0.2, 0.25) is 5.02 Å². The molecule has 0 aliphatic rings. The Balaban J connectivity index is 3.04. The third-order valence-electron chi connectivity index (χ3n) is 1.37. The highest BCUT2D eigenvalue weighted by Gasteiger charge is 1.99. The monoisotopic (exact) mass is 308 g/mol. The molecule has 0 amide bonds. The van der Waals surface area contributed by atoms with Crippen LogP contribution in [0.3, 0.4) is 0 Å². The van der Waals surface area contributed by atoms with Gasteiger partial charge in [0.15, 0.2) is 0 Å². The molecule has 0 unspecified atom stereocenters. The molecule has 0 nitrogen and oxygen atoms in total. The minimum atomic E-state index is 0.765. The Morgan fingerprint density at radius 3 is 2.75 bits per heavy atom. The average molecular weight is 310 g/mol. The lowest BCUT2D eigenvalue weighted by atomic mass is 10.2. The maximum atomic E-state index is 5.97. The van der Waals surface area contributed by atoms with E-state index in [1.54, 1.807) is 0 Å². The van der Waals surface area contributed by atoms with E-state index in [1.807, 2.05) is 30.4 Å². The van der Waals surface area contributed by atoms with Crippen LogP contribution in [0.1, 0.15) is 5.56 Å². The van der Waals surface area contributed by atoms with Gasteiger partial charge < -0.3 is 0 Å². The third kappa shape index (κ3) is 2.61. The minimum absolute atomic E-state index is 0.765. The molecule has 1 aromatic rings. The fourth-order valence-corrected chi connectivity index (χ4v) is 1.87. The van der Waals surface area contributed by atoms with Crippen LogP contribution >= 0.6 is 43.5 Å². The summed E-state index contributed by atoms with van der Waals surface area (Å²) in [6.45, 7) is 0. The van der Waals surface area contributed by atoms with Crippen molar-refractivity contribution in [2.24, 2.45) is 0 Å². The van der Waals surface area contributed by atoms with Gasteiger partial charge in [0.05, 0.1) is 0 Å². The van der Waals surface area contributed by atoms with E-state index in [9.17, 15) is 0 Å². The van der Waals surface area contributed by atoms with Crippen molar-refractivity contribution in [3.8, 4) is 0 Å². The van der Waals surface area contributed by atoms with Crippen LogP contribution in [0.25, 0.3) is 6.08 Å². The largest absolute Gasteiger partial charge is 0.0883 e. The Bertz CT molecular complexity index is 274. The molecule has 0 fully saturated rings. The summed E-state index contributed by atoms with van der Waals surface area (Å²) < 4.78 is 1.02. The Hall–Kier alpha value is 0.210. The maximum Gasteiger partial charge on any atom is 0.0489 e. The predicted molar refractivity (Wildman–Crippen MR) is 62.0 cm³/mol. The van der Waals surface area contributed by atoms with E-state index in [0.717, 1.165) is 20.4 Å². The summed E-state index contributed by atoms with van der Waals surface area (Å²) in [5, 5.41) is 1.60. The lowest BCUT2D eigenvalue weighted by Gasteiger charge is -1.99. The van der Waals surface area contributed by atoms with Crippen molar-refractivity contribution in [2.75, 3.05) is 5.33 Å². The van der Waals surface area contributed by atoms with Crippen LogP contribution in [-0.2, 0) is 0 Å². The molecule has 0 bridgehead atoms. The molecule has 0 spiro atoms. The van der Waals surface area contributed by atoms with E-state index < -0.39 is 0 Å². The number of hydrogen-bond donors (Lipinski definition) is 0. The van der Waals surface area contributed by atoms with Crippen molar-refractivity contribution in [2.45, 2.75) is 0 Å². The SMILES string of the molecule is Clc1cccc(Br)c1C=CCBr. The number of allylic oxidation sites excluding steroid dienone is 1. The number of rotatable bonds is 2. The van der Waals surface area contributed by atoms with Crippen LogP contribution in [0, 0.1) is 0 Å². The van der Waals surface area contributed by atoms with E-state index >= 15 is 0 Å². The Labute approximate surface area is 93.9 Å². The number of benzene rings is 1. The number of halogens is 3. The predicted octanol–water partition coefficient (Wildman–Crippen LogP) is 4.51. The van der Waals surface area contributed by atoms with Crippen LogP contribution in [0.4, 0.5) is 0 Å². The summed E-state index contributed by atoms with van der Waals surface area (Å²) in [7, 11) is 0. The van der Waals surface area contributed by atoms with Crippen molar-refractivity contribution >= 4 is 49.5 Å². The molecule has 1 aromatic carbocycles. The molecule has 0 saturated heterocycles. The summed E-state index contributed by atoms with van der Waals surface area (Å²) in [5.41, 5.74) is 1.03. The molecular formula is C9H7Br2Cl. The lowest BCUT2D eigenvalue weighted by Crippen LogP contribution is -1.77. The van der Waals surface area contributed by atoms with Crippen LogP contribution < -0.4 is 0 Å². The summed E-state index contributed by atoms with van der Waals surface area (Å²) >= 11 is 12.7. The third-order valence-corrected chi connectivity index (χ3v) is 2.77. The highest BCUT2D eigenvalue weighted by atomic mass is 79.9. The first-order chi connectivity index (χ1) is 5.75. The van der Waals surface area contributed by atoms with Gasteiger partial charge in [0.2, 0.25) is 0 Å². The van der Waals surface area contributed by atoms with Crippen molar-refractivity contribution < 1.29 is 0 Å². The summed E-state index contributed by atoms with van der Waals surface area (Å²) in [4.78, 5) is 0. The molecule has 0 aromatic heterocycles. The van der Waals surface area contributed by atoms with Gasteiger partial charge in [0, 0.05) is 20.4 Å². The molecule has 0 radical (unpaired) electrons. The van der Waals surface area contributed by atoms with E-state index in [1.165, 1.54) is 0 Å². The molecule has 3 heteroatoms. The molecule has 0 aliphatic heterocycles. The van der Waals surface area contributed by atoms with Gasteiger partial charge in [0.25, 0.3) is 0 Å². The van der Waals surface area contributed by atoms with Gasteiger partial charge in [-0.1, -0.05) is 61.7 Å². The molecule has 0 aliphatic carbocycles. The van der Waals surface area contributed by atoms with Crippen molar-refractivity contribution in [3.05, 3.63) is 39.3 Å². The first-order valence-electron chi connectivity index (χ1n) is 3.42. The molecule has 0 saturated carbocycles. The second kappa shape index (κ2) is 5.05. The quantitative estimate of drug-likeness (QED) is 0.705. The molecule has 12 heavy (non-hydrogen) atoms. The smallest absolute Gasteiger partial charge is 0.0489 e. The summed E-state index contributed by atoms with van der Waals surface area (Å²) in [6.07, 6.45) is 3.99. The molecular weight excluding hydrogens is 303 g/mol. The summed E-state index contributed by atoms with van der Waals surface area (Å²) in [5.74, 6) is 0. The topological polar surface area (TPSA) is 0 Å². The zero-order valence-corrected chi connectivity index (χ0v) is 10.2. The molecule has 0 N–H and O–H groups in total. The summed E-state index contributed by atoms with van der Waals surface area (Å²) in [6, 6.07) is 5.76. The molecule has 64 valence electrons. The van der Waals surface area contributed by atoms with Gasteiger partial charge in [-0.15, -0.1) is 0 Å². The highest BCUT2D eigenvalue weighted by Crippen LogP contribution is 2.25. The Morgan fingerprint density at radius 1 is 1.42 bits per heavy atom. The average Bonchev–Trinajstić information content (AvgIpc) is 2.04. The van der Waals surface area contributed by atoms with Crippen molar-refractivity contribution in [1.29, 1.82) is 0 Å². The van der Waals surface area contributed by atoms with E-state index in [-0.39, 0.29) is 0 Å². The fraction of sp³-hybridized carbons (Fsp3) is 0.111. The van der Waals surface area contributed by atoms with Crippen LogP contribution in [0.15, 0.2) is 28.7 Å². The minimum Gasteiger partial charge on any atom is -0.0883 e. The lowest BCUT2D eigenvalue weighted by molar-refractivity contribution is 1.59. The maximum absolute atomic E-state index is 5.97. The fourth-order valence-electron chi connectivity index (χ4n) is 0.832. The first kappa shape index (κ1) is 10.3. The van der Waals surface area contributed by atoms with E-state index in [0.29, 0.717) is 0 Å². The van der Waals surface area contributed by atoms with Crippen molar-refractivity contribution in [1.82, 2.24) is 0 Å². The van der Waals surface area contributed by atoms with E-state index in [2.05, 4.69) is 31.9 Å². The van der Waals surface area contributed by atoms with Gasteiger partial charge >= 0.3 is 0 Å². The number of alkyl halides is 1. The normalized spacial score (nSPS) is 10.9.